The molecule has 1 aromatic heterocycles. The van der Waals surface area contributed by atoms with Crippen molar-refractivity contribution in [2.75, 3.05) is 11.9 Å². The SMILES string of the molecule is CC[C@H](O)c1cncc(-c2ccc3c(c2)CC(=O)N3C)c1. The van der Waals surface area contributed by atoms with Gasteiger partial charge in [0.15, 0.2) is 0 Å². The monoisotopic (exact) mass is 282 g/mol. The number of rotatable bonds is 3. The highest BCUT2D eigenvalue weighted by molar-refractivity contribution is 6.01. The molecule has 4 nitrogen and oxygen atoms in total. The molecule has 0 bridgehead atoms. The van der Waals surface area contributed by atoms with Crippen LogP contribution in [0.4, 0.5) is 5.69 Å². The second-order valence-electron chi connectivity index (χ2n) is 5.40. The zero-order valence-corrected chi connectivity index (χ0v) is 12.2. The minimum absolute atomic E-state index is 0.121. The molecule has 0 spiro atoms. The fourth-order valence-electron chi connectivity index (χ4n) is 2.68. The Kier molecular flexibility index (Phi) is 3.47. The van der Waals surface area contributed by atoms with Crippen molar-refractivity contribution in [2.45, 2.75) is 25.9 Å². The maximum absolute atomic E-state index is 11.7. The van der Waals surface area contributed by atoms with Gasteiger partial charge in [0.25, 0.3) is 0 Å². The second kappa shape index (κ2) is 5.30. The van der Waals surface area contributed by atoms with Crippen LogP contribution in [0.25, 0.3) is 11.1 Å². The van der Waals surface area contributed by atoms with Crippen molar-refractivity contribution in [1.29, 1.82) is 0 Å². The number of nitrogens with zero attached hydrogens (tertiary/aromatic N) is 2. The van der Waals surface area contributed by atoms with Crippen molar-refractivity contribution in [3.8, 4) is 11.1 Å². The van der Waals surface area contributed by atoms with E-state index in [1.54, 1.807) is 24.3 Å². The van der Waals surface area contributed by atoms with Crippen molar-refractivity contribution in [3.63, 3.8) is 0 Å². The van der Waals surface area contributed by atoms with Gasteiger partial charge in [-0.15, -0.1) is 0 Å². The van der Waals surface area contributed by atoms with E-state index in [4.69, 9.17) is 0 Å². The van der Waals surface area contributed by atoms with Crippen molar-refractivity contribution < 1.29 is 9.90 Å². The number of aliphatic hydroxyl groups is 1. The molecule has 1 N–H and O–H groups in total. The third-order valence-corrected chi connectivity index (χ3v) is 4.02. The maximum Gasteiger partial charge on any atom is 0.231 e. The molecule has 1 aromatic carbocycles. The minimum atomic E-state index is -0.486. The minimum Gasteiger partial charge on any atom is -0.388 e. The number of anilines is 1. The standard InChI is InChI=1S/C17H18N2O2/c1-3-16(20)14-7-13(9-18-10-14)11-4-5-15-12(6-11)8-17(21)19(15)2/h4-7,9-10,16,20H,3,8H2,1-2H3/t16-/m0/s1. The van der Waals surface area contributed by atoms with Crippen LogP contribution in [0.3, 0.4) is 0 Å². The summed E-state index contributed by atoms with van der Waals surface area (Å²) in [7, 11) is 1.80. The van der Waals surface area contributed by atoms with Gasteiger partial charge in [-0.05, 0) is 41.3 Å². The number of benzene rings is 1. The first-order chi connectivity index (χ1) is 10.1. The van der Waals surface area contributed by atoms with E-state index in [9.17, 15) is 9.90 Å². The molecular formula is C17H18N2O2. The Bertz CT molecular complexity index is 697. The first-order valence-electron chi connectivity index (χ1n) is 7.13. The molecule has 0 radical (unpaired) electrons. The van der Waals surface area contributed by atoms with E-state index in [0.717, 1.165) is 27.9 Å². The summed E-state index contributed by atoms with van der Waals surface area (Å²) in [5.74, 6) is 0.121. The lowest BCUT2D eigenvalue weighted by Gasteiger charge is -2.12. The van der Waals surface area contributed by atoms with Gasteiger partial charge in [-0.3, -0.25) is 9.78 Å². The summed E-state index contributed by atoms with van der Waals surface area (Å²) in [5.41, 5.74) is 4.82. The summed E-state index contributed by atoms with van der Waals surface area (Å²) in [4.78, 5) is 17.6. The van der Waals surface area contributed by atoms with Gasteiger partial charge in [0.1, 0.15) is 0 Å². The largest absolute Gasteiger partial charge is 0.388 e. The first-order valence-corrected chi connectivity index (χ1v) is 7.13. The van der Waals surface area contributed by atoms with E-state index in [2.05, 4.69) is 4.98 Å². The summed E-state index contributed by atoms with van der Waals surface area (Å²) in [6.07, 6.45) is 4.11. The molecule has 1 amide bonds. The van der Waals surface area contributed by atoms with Crippen LogP contribution < -0.4 is 4.90 Å². The normalized spacial score (nSPS) is 15.2. The Morgan fingerprint density at radius 1 is 1.29 bits per heavy atom. The van der Waals surface area contributed by atoms with Gasteiger partial charge in [0.05, 0.1) is 12.5 Å². The molecule has 108 valence electrons. The number of carbonyl (C=O) groups is 1. The number of pyridine rings is 1. The summed E-state index contributed by atoms with van der Waals surface area (Å²) in [5, 5.41) is 9.93. The van der Waals surface area contributed by atoms with Crippen LogP contribution >= 0.6 is 0 Å². The Morgan fingerprint density at radius 2 is 2.10 bits per heavy atom. The van der Waals surface area contributed by atoms with Gasteiger partial charge in [0, 0.05) is 30.7 Å². The van der Waals surface area contributed by atoms with E-state index in [1.807, 2.05) is 31.2 Å². The zero-order valence-electron chi connectivity index (χ0n) is 12.2. The highest BCUT2D eigenvalue weighted by Gasteiger charge is 2.24. The number of aliphatic hydroxyl groups excluding tert-OH is 1. The molecule has 4 heteroatoms. The number of aromatic nitrogens is 1. The number of amides is 1. The lowest BCUT2D eigenvalue weighted by atomic mass is 10.00. The number of likely N-dealkylation sites (N-methyl/N-ethyl adjacent to an activating group) is 1. The molecule has 0 saturated heterocycles. The van der Waals surface area contributed by atoms with Gasteiger partial charge in [-0.25, -0.2) is 0 Å². The van der Waals surface area contributed by atoms with Crippen molar-refractivity contribution >= 4 is 11.6 Å². The van der Waals surface area contributed by atoms with Crippen LogP contribution in [0, 0.1) is 0 Å². The highest BCUT2D eigenvalue weighted by atomic mass is 16.3. The average molecular weight is 282 g/mol. The fourth-order valence-corrected chi connectivity index (χ4v) is 2.68. The van der Waals surface area contributed by atoms with E-state index in [-0.39, 0.29) is 5.91 Å². The van der Waals surface area contributed by atoms with Crippen LogP contribution in [-0.2, 0) is 11.2 Å². The molecule has 0 saturated carbocycles. The van der Waals surface area contributed by atoms with E-state index < -0.39 is 6.10 Å². The van der Waals surface area contributed by atoms with Crippen LogP contribution in [0.1, 0.15) is 30.6 Å². The number of carbonyl (C=O) groups excluding carboxylic acids is 1. The number of hydrogen-bond acceptors (Lipinski definition) is 3. The molecule has 2 aromatic rings. The lowest BCUT2D eigenvalue weighted by Crippen LogP contribution is -2.20. The van der Waals surface area contributed by atoms with Gasteiger partial charge in [-0.1, -0.05) is 13.0 Å². The molecule has 1 atom stereocenters. The first kappa shape index (κ1) is 13.8. The Morgan fingerprint density at radius 3 is 2.86 bits per heavy atom. The Hall–Kier alpha value is -2.20. The van der Waals surface area contributed by atoms with Crippen molar-refractivity contribution in [1.82, 2.24) is 4.98 Å². The van der Waals surface area contributed by atoms with Crippen LogP contribution in [-0.4, -0.2) is 23.0 Å². The molecule has 3 rings (SSSR count). The molecular weight excluding hydrogens is 264 g/mol. The topological polar surface area (TPSA) is 53.4 Å². The predicted molar refractivity (Wildman–Crippen MR) is 82.0 cm³/mol. The molecule has 0 fully saturated rings. The van der Waals surface area contributed by atoms with E-state index in [0.29, 0.717) is 12.8 Å². The number of fused-ring (bicyclic) bond motifs is 1. The smallest absolute Gasteiger partial charge is 0.231 e. The van der Waals surface area contributed by atoms with Gasteiger partial charge in [-0.2, -0.15) is 0 Å². The van der Waals surface area contributed by atoms with Gasteiger partial charge in [0.2, 0.25) is 5.91 Å². The molecule has 21 heavy (non-hydrogen) atoms. The van der Waals surface area contributed by atoms with Crippen molar-refractivity contribution in [3.05, 3.63) is 47.8 Å². The van der Waals surface area contributed by atoms with E-state index >= 15 is 0 Å². The third kappa shape index (κ3) is 2.43. The predicted octanol–water partition coefficient (Wildman–Crippen LogP) is 2.71. The molecule has 0 unspecified atom stereocenters. The van der Waals surface area contributed by atoms with Crippen LogP contribution in [0.5, 0.6) is 0 Å². The highest BCUT2D eigenvalue weighted by Crippen LogP contribution is 2.32. The summed E-state index contributed by atoms with van der Waals surface area (Å²) in [6.45, 7) is 1.94. The van der Waals surface area contributed by atoms with Crippen LogP contribution in [0.15, 0.2) is 36.7 Å². The lowest BCUT2D eigenvalue weighted by molar-refractivity contribution is -0.117. The van der Waals surface area contributed by atoms with E-state index in [1.165, 1.54) is 0 Å². The fraction of sp³-hybridized carbons (Fsp3) is 0.294. The Balaban J connectivity index is 1.99. The molecule has 0 aliphatic carbocycles. The quantitative estimate of drug-likeness (QED) is 0.941. The summed E-state index contributed by atoms with van der Waals surface area (Å²) < 4.78 is 0. The maximum atomic E-state index is 11.7. The molecule has 2 heterocycles. The summed E-state index contributed by atoms with van der Waals surface area (Å²) >= 11 is 0. The second-order valence-corrected chi connectivity index (χ2v) is 5.40. The van der Waals surface area contributed by atoms with Crippen LogP contribution in [0.2, 0.25) is 0 Å². The molecule has 1 aliphatic heterocycles. The summed E-state index contributed by atoms with van der Waals surface area (Å²) in [6, 6.07) is 7.96. The third-order valence-electron chi connectivity index (χ3n) is 4.02. The number of hydrogen-bond donors (Lipinski definition) is 1. The van der Waals surface area contributed by atoms with Gasteiger partial charge >= 0.3 is 0 Å². The van der Waals surface area contributed by atoms with Gasteiger partial charge < -0.3 is 10.0 Å². The Labute approximate surface area is 124 Å². The average Bonchev–Trinajstić information content (AvgIpc) is 2.81. The molecule has 1 aliphatic rings. The zero-order chi connectivity index (χ0) is 15.0. The van der Waals surface area contributed by atoms with Crippen molar-refractivity contribution in [2.24, 2.45) is 0 Å².